The maximum absolute atomic E-state index is 13.2. The third-order valence-electron chi connectivity index (χ3n) is 4.74. The number of sulfone groups is 1. The Bertz CT molecular complexity index is 1120. The molecule has 0 saturated carbocycles. The van der Waals surface area contributed by atoms with Crippen LogP contribution in [0.4, 0.5) is 4.39 Å². The van der Waals surface area contributed by atoms with Gasteiger partial charge < -0.3 is 5.32 Å². The van der Waals surface area contributed by atoms with Crippen molar-refractivity contribution in [1.29, 1.82) is 0 Å². The Morgan fingerprint density at radius 3 is 2.40 bits per heavy atom. The topological polar surface area (TPSA) is 81.1 Å². The molecule has 0 unspecified atom stereocenters. The Balaban J connectivity index is 1.58. The standard InChI is InChI=1S/C22H24FN3O3S/c1-16-21(17(2)26(25-16)20-11-9-19(23)10-12-20)22(27)24-13-6-14-30(28,29)15-18-7-4-3-5-8-18/h3-5,7-12H,6,13-15H2,1-2H3,(H,24,27). The van der Waals surface area contributed by atoms with E-state index in [1.54, 1.807) is 42.8 Å². The summed E-state index contributed by atoms with van der Waals surface area (Å²) in [6.07, 6.45) is 0.325. The third-order valence-corrected chi connectivity index (χ3v) is 6.42. The van der Waals surface area contributed by atoms with Gasteiger partial charge in [-0.2, -0.15) is 5.10 Å². The number of carbonyl (C=O) groups is 1. The molecule has 3 aromatic rings. The highest BCUT2D eigenvalue weighted by molar-refractivity contribution is 7.90. The van der Waals surface area contributed by atoms with E-state index in [1.165, 1.54) is 12.1 Å². The van der Waals surface area contributed by atoms with Gasteiger partial charge in [-0.05, 0) is 50.1 Å². The monoisotopic (exact) mass is 429 g/mol. The lowest BCUT2D eigenvalue weighted by atomic mass is 10.2. The van der Waals surface area contributed by atoms with Gasteiger partial charge in [-0.3, -0.25) is 4.79 Å². The SMILES string of the molecule is Cc1nn(-c2ccc(F)cc2)c(C)c1C(=O)NCCCS(=O)(=O)Cc1ccccc1. The summed E-state index contributed by atoms with van der Waals surface area (Å²) in [6, 6.07) is 14.9. The zero-order chi connectivity index (χ0) is 21.7. The Kier molecular flexibility index (Phi) is 6.66. The molecule has 30 heavy (non-hydrogen) atoms. The van der Waals surface area contributed by atoms with Crippen molar-refractivity contribution in [2.45, 2.75) is 26.0 Å². The molecular formula is C22H24FN3O3S. The Labute approximate surface area is 175 Å². The van der Waals surface area contributed by atoms with Crippen LogP contribution in [0.1, 0.15) is 33.7 Å². The minimum atomic E-state index is -3.25. The first-order valence-corrected chi connectivity index (χ1v) is 11.4. The normalized spacial score (nSPS) is 11.4. The largest absolute Gasteiger partial charge is 0.352 e. The van der Waals surface area contributed by atoms with E-state index in [0.717, 1.165) is 5.56 Å². The average Bonchev–Trinajstić information content (AvgIpc) is 3.00. The van der Waals surface area contributed by atoms with E-state index in [2.05, 4.69) is 10.4 Å². The summed E-state index contributed by atoms with van der Waals surface area (Å²) in [6.45, 7) is 3.74. The molecule has 0 saturated heterocycles. The lowest BCUT2D eigenvalue weighted by Crippen LogP contribution is -2.27. The average molecular weight is 430 g/mol. The third kappa shape index (κ3) is 5.33. The van der Waals surface area contributed by atoms with E-state index < -0.39 is 9.84 Å². The number of nitrogens with zero attached hydrogens (tertiary/aromatic N) is 2. The van der Waals surface area contributed by atoms with Gasteiger partial charge in [0, 0.05) is 6.54 Å². The van der Waals surface area contributed by atoms with Crippen molar-refractivity contribution in [3.8, 4) is 5.69 Å². The van der Waals surface area contributed by atoms with Gasteiger partial charge >= 0.3 is 0 Å². The Morgan fingerprint density at radius 1 is 1.07 bits per heavy atom. The number of benzene rings is 2. The van der Waals surface area contributed by atoms with Crippen molar-refractivity contribution in [1.82, 2.24) is 15.1 Å². The van der Waals surface area contributed by atoms with E-state index in [4.69, 9.17) is 0 Å². The molecule has 0 atom stereocenters. The molecule has 3 rings (SSSR count). The number of aryl methyl sites for hydroxylation is 1. The number of aromatic nitrogens is 2. The number of carbonyl (C=O) groups excluding carboxylic acids is 1. The Hall–Kier alpha value is -3.00. The highest BCUT2D eigenvalue weighted by atomic mass is 32.2. The first-order chi connectivity index (χ1) is 14.3. The molecule has 6 nitrogen and oxygen atoms in total. The summed E-state index contributed by atoms with van der Waals surface area (Å²) in [5, 5.41) is 7.16. The van der Waals surface area contributed by atoms with Gasteiger partial charge in [0.25, 0.3) is 5.91 Å². The predicted molar refractivity (Wildman–Crippen MR) is 114 cm³/mol. The first-order valence-electron chi connectivity index (χ1n) is 9.61. The zero-order valence-electron chi connectivity index (χ0n) is 16.9. The molecule has 8 heteroatoms. The number of hydrogen-bond acceptors (Lipinski definition) is 4. The lowest BCUT2D eigenvalue weighted by molar-refractivity contribution is 0.0952. The van der Waals surface area contributed by atoms with Gasteiger partial charge in [0.1, 0.15) is 5.82 Å². The zero-order valence-corrected chi connectivity index (χ0v) is 17.7. The van der Waals surface area contributed by atoms with Gasteiger partial charge in [-0.1, -0.05) is 30.3 Å². The van der Waals surface area contributed by atoms with Gasteiger partial charge in [-0.25, -0.2) is 17.5 Å². The quantitative estimate of drug-likeness (QED) is 0.557. The highest BCUT2D eigenvalue weighted by Crippen LogP contribution is 2.18. The van der Waals surface area contributed by atoms with Gasteiger partial charge in [0.2, 0.25) is 0 Å². The fraction of sp³-hybridized carbons (Fsp3) is 0.273. The van der Waals surface area contributed by atoms with Gasteiger partial charge in [-0.15, -0.1) is 0 Å². The summed E-state index contributed by atoms with van der Waals surface area (Å²) in [5.74, 6) is -0.668. The summed E-state index contributed by atoms with van der Waals surface area (Å²) < 4.78 is 39.3. The second-order valence-electron chi connectivity index (χ2n) is 7.12. The molecule has 158 valence electrons. The minimum Gasteiger partial charge on any atom is -0.352 e. The van der Waals surface area contributed by atoms with E-state index in [9.17, 15) is 17.6 Å². The fourth-order valence-electron chi connectivity index (χ4n) is 3.29. The molecule has 0 spiro atoms. The van der Waals surface area contributed by atoms with E-state index in [1.807, 2.05) is 18.2 Å². The Morgan fingerprint density at radius 2 is 1.73 bits per heavy atom. The molecule has 1 N–H and O–H groups in total. The predicted octanol–water partition coefficient (Wildman–Crippen LogP) is 3.36. The van der Waals surface area contributed by atoms with Crippen molar-refractivity contribution in [3.05, 3.63) is 82.9 Å². The number of nitrogens with one attached hydrogen (secondary N) is 1. The smallest absolute Gasteiger partial charge is 0.255 e. The molecule has 0 aliphatic carbocycles. The summed E-state index contributed by atoms with van der Waals surface area (Å²) >= 11 is 0. The number of hydrogen-bond donors (Lipinski definition) is 1. The van der Waals surface area contributed by atoms with Crippen molar-refractivity contribution in [2.75, 3.05) is 12.3 Å². The first kappa shape index (κ1) is 21.7. The summed E-state index contributed by atoms with van der Waals surface area (Å²) in [4.78, 5) is 12.6. The van der Waals surface area contributed by atoms with Crippen LogP contribution in [-0.2, 0) is 15.6 Å². The lowest BCUT2D eigenvalue weighted by Gasteiger charge is -2.08. The van der Waals surface area contributed by atoms with Gasteiger partial charge in [0.05, 0.1) is 34.1 Å². The summed E-state index contributed by atoms with van der Waals surface area (Å²) in [7, 11) is -3.25. The van der Waals surface area contributed by atoms with Crippen LogP contribution < -0.4 is 5.32 Å². The van der Waals surface area contributed by atoms with Crippen LogP contribution in [0.15, 0.2) is 54.6 Å². The van der Waals surface area contributed by atoms with Crippen LogP contribution in [0, 0.1) is 19.7 Å². The van der Waals surface area contributed by atoms with E-state index in [-0.39, 0.29) is 29.8 Å². The molecule has 1 heterocycles. The molecule has 0 aliphatic heterocycles. The van der Waals surface area contributed by atoms with E-state index >= 15 is 0 Å². The van der Waals surface area contributed by atoms with Crippen LogP contribution in [0.5, 0.6) is 0 Å². The van der Waals surface area contributed by atoms with Crippen LogP contribution in [0.2, 0.25) is 0 Å². The summed E-state index contributed by atoms with van der Waals surface area (Å²) in [5.41, 5.74) is 3.02. The number of halogens is 1. The molecule has 0 radical (unpaired) electrons. The molecule has 2 aromatic carbocycles. The number of rotatable bonds is 8. The van der Waals surface area contributed by atoms with Crippen LogP contribution in [0.3, 0.4) is 0 Å². The van der Waals surface area contributed by atoms with Crippen molar-refractivity contribution >= 4 is 15.7 Å². The maximum atomic E-state index is 13.2. The second kappa shape index (κ2) is 9.21. The molecular weight excluding hydrogens is 405 g/mol. The minimum absolute atomic E-state index is 0.00498. The number of amides is 1. The van der Waals surface area contributed by atoms with Crippen molar-refractivity contribution < 1.29 is 17.6 Å². The molecule has 1 amide bonds. The molecule has 0 fully saturated rings. The van der Waals surface area contributed by atoms with Gasteiger partial charge in [0.15, 0.2) is 9.84 Å². The van der Waals surface area contributed by atoms with Crippen molar-refractivity contribution in [3.63, 3.8) is 0 Å². The van der Waals surface area contributed by atoms with Crippen molar-refractivity contribution in [2.24, 2.45) is 0 Å². The van der Waals surface area contributed by atoms with Crippen LogP contribution in [0.25, 0.3) is 5.69 Å². The molecule has 1 aromatic heterocycles. The van der Waals surface area contributed by atoms with Crippen LogP contribution in [-0.4, -0.2) is 36.4 Å². The maximum Gasteiger partial charge on any atom is 0.255 e. The fourth-order valence-corrected chi connectivity index (χ4v) is 4.72. The second-order valence-corrected chi connectivity index (χ2v) is 9.31. The highest BCUT2D eigenvalue weighted by Gasteiger charge is 2.19. The molecule has 0 bridgehead atoms. The van der Waals surface area contributed by atoms with Crippen LogP contribution >= 0.6 is 0 Å². The van der Waals surface area contributed by atoms with E-state index in [0.29, 0.717) is 29.1 Å². The molecule has 0 aliphatic rings.